The molecule has 1 amide bonds. The van der Waals surface area contributed by atoms with Gasteiger partial charge in [0.15, 0.2) is 0 Å². The van der Waals surface area contributed by atoms with Gasteiger partial charge in [-0.25, -0.2) is 9.97 Å². The van der Waals surface area contributed by atoms with Crippen molar-refractivity contribution in [2.24, 2.45) is 11.8 Å². The average Bonchev–Trinajstić information content (AvgIpc) is 2.89. The summed E-state index contributed by atoms with van der Waals surface area (Å²) in [6.45, 7) is 6.98. The number of aliphatic hydroxyl groups is 1. The zero-order chi connectivity index (χ0) is 18.3. The number of β-amino-alcohol motifs (C(OH)–C–C–N with tert-alkyl or cyclic N) is 1. The van der Waals surface area contributed by atoms with E-state index < -0.39 is 5.60 Å². The maximum Gasteiger partial charge on any atom is 0.257 e. The molecule has 0 radical (unpaired) electrons. The molecule has 142 valence electrons. The lowest BCUT2D eigenvalue weighted by Gasteiger charge is -2.41. The molecule has 6 heteroatoms. The Labute approximate surface area is 155 Å². The fourth-order valence-corrected chi connectivity index (χ4v) is 4.69. The van der Waals surface area contributed by atoms with Crippen LogP contribution in [0.15, 0.2) is 6.20 Å². The predicted molar refractivity (Wildman–Crippen MR) is 100 cm³/mol. The van der Waals surface area contributed by atoms with Crippen LogP contribution in [0.5, 0.6) is 0 Å². The van der Waals surface area contributed by atoms with Crippen molar-refractivity contribution in [3.63, 3.8) is 0 Å². The number of aromatic nitrogens is 2. The van der Waals surface area contributed by atoms with E-state index in [0.717, 1.165) is 37.6 Å². The van der Waals surface area contributed by atoms with E-state index in [9.17, 15) is 9.90 Å². The number of hydrogen-bond donors (Lipinski definition) is 1. The minimum absolute atomic E-state index is 0.0465. The van der Waals surface area contributed by atoms with E-state index in [2.05, 4.69) is 21.8 Å². The quantitative estimate of drug-likeness (QED) is 0.898. The van der Waals surface area contributed by atoms with E-state index in [1.54, 1.807) is 11.1 Å². The molecule has 4 rings (SSSR count). The highest BCUT2D eigenvalue weighted by atomic mass is 16.3. The minimum atomic E-state index is -0.726. The number of carbonyl (C=O) groups excluding carboxylic acids is 1. The molecule has 1 saturated carbocycles. The maximum absolute atomic E-state index is 13.0. The van der Waals surface area contributed by atoms with Crippen molar-refractivity contribution in [1.29, 1.82) is 0 Å². The van der Waals surface area contributed by atoms with Crippen LogP contribution in [-0.4, -0.2) is 57.7 Å². The smallest absolute Gasteiger partial charge is 0.257 e. The van der Waals surface area contributed by atoms with Crippen LogP contribution in [0.25, 0.3) is 0 Å². The van der Waals surface area contributed by atoms with Gasteiger partial charge in [-0.2, -0.15) is 0 Å². The van der Waals surface area contributed by atoms with Crippen LogP contribution >= 0.6 is 0 Å². The third kappa shape index (κ3) is 2.98. The van der Waals surface area contributed by atoms with E-state index in [1.165, 1.54) is 25.7 Å². The average molecular weight is 358 g/mol. The van der Waals surface area contributed by atoms with E-state index in [-0.39, 0.29) is 11.8 Å². The highest BCUT2D eigenvalue weighted by molar-refractivity contribution is 5.95. The zero-order valence-electron chi connectivity index (χ0n) is 15.9. The van der Waals surface area contributed by atoms with Gasteiger partial charge in [0, 0.05) is 31.7 Å². The normalized spacial score (nSPS) is 29.7. The molecule has 2 aliphatic heterocycles. The second-order valence-electron chi connectivity index (χ2n) is 8.42. The number of likely N-dealkylation sites (tertiary alicyclic amines) is 1. The van der Waals surface area contributed by atoms with Gasteiger partial charge in [0.2, 0.25) is 5.95 Å². The van der Waals surface area contributed by atoms with Crippen LogP contribution < -0.4 is 4.90 Å². The molecule has 3 fully saturated rings. The number of hydrogen-bond acceptors (Lipinski definition) is 5. The summed E-state index contributed by atoms with van der Waals surface area (Å²) in [5, 5.41) is 11.1. The SMILES string of the molecule is Cc1nc(N2CCCCC2)ncc1C(=O)N1CC(C)C(O)(C2CCC2)C1. The minimum Gasteiger partial charge on any atom is -0.387 e. The third-order valence-corrected chi connectivity index (χ3v) is 6.73. The standard InChI is InChI=1S/C20H30N4O2/c1-14-12-24(13-20(14,26)16-7-6-8-16)18(25)17-11-21-19(22-15(17)2)23-9-4-3-5-10-23/h11,14,16,26H,3-10,12-13H2,1-2H3. The molecule has 2 saturated heterocycles. The highest BCUT2D eigenvalue weighted by Crippen LogP contribution is 2.44. The van der Waals surface area contributed by atoms with E-state index in [1.807, 2.05) is 6.92 Å². The zero-order valence-corrected chi connectivity index (χ0v) is 15.9. The van der Waals surface area contributed by atoms with Crippen LogP contribution in [-0.2, 0) is 0 Å². The second-order valence-corrected chi connectivity index (χ2v) is 8.42. The largest absolute Gasteiger partial charge is 0.387 e. The molecule has 0 bridgehead atoms. The molecule has 1 N–H and O–H groups in total. The van der Waals surface area contributed by atoms with E-state index >= 15 is 0 Å². The Kier molecular flexibility index (Phi) is 4.63. The molecule has 6 nitrogen and oxygen atoms in total. The predicted octanol–water partition coefficient (Wildman–Crippen LogP) is 2.40. The summed E-state index contributed by atoms with van der Waals surface area (Å²) in [6, 6.07) is 0. The van der Waals surface area contributed by atoms with E-state index in [4.69, 9.17) is 0 Å². The number of aryl methyl sites for hydroxylation is 1. The number of amides is 1. The topological polar surface area (TPSA) is 69.6 Å². The van der Waals surface area contributed by atoms with Crippen molar-refractivity contribution in [2.45, 2.75) is 58.0 Å². The van der Waals surface area contributed by atoms with Gasteiger partial charge in [-0.15, -0.1) is 0 Å². The van der Waals surface area contributed by atoms with Gasteiger partial charge in [-0.1, -0.05) is 13.3 Å². The number of nitrogens with zero attached hydrogens (tertiary/aromatic N) is 4. The van der Waals surface area contributed by atoms with Gasteiger partial charge in [0.1, 0.15) is 0 Å². The van der Waals surface area contributed by atoms with E-state index in [0.29, 0.717) is 24.6 Å². The Morgan fingerprint density at radius 2 is 1.96 bits per heavy atom. The van der Waals surface area contributed by atoms with Gasteiger partial charge < -0.3 is 14.9 Å². The lowest BCUT2D eigenvalue weighted by molar-refractivity contribution is -0.0660. The van der Waals surface area contributed by atoms with Crippen molar-refractivity contribution >= 4 is 11.9 Å². The first-order valence-electron chi connectivity index (χ1n) is 10.1. The molecule has 0 aromatic carbocycles. The molecule has 1 aromatic heterocycles. The Balaban J connectivity index is 1.49. The summed E-state index contributed by atoms with van der Waals surface area (Å²) in [4.78, 5) is 26.1. The summed E-state index contributed by atoms with van der Waals surface area (Å²) in [7, 11) is 0. The second kappa shape index (κ2) is 6.80. The Hall–Kier alpha value is -1.69. The number of piperidine rings is 1. The first kappa shape index (κ1) is 17.7. The summed E-state index contributed by atoms with van der Waals surface area (Å²) < 4.78 is 0. The van der Waals surface area contributed by atoms with Crippen LogP contribution in [0.2, 0.25) is 0 Å². The fraction of sp³-hybridized carbons (Fsp3) is 0.750. The van der Waals surface area contributed by atoms with Crippen molar-refractivity contribution < 1.29 is 9.90 Å². The summed E-state index contributed by atoms with van der Waals surface area (Å²) in [5.74, 6) is 1.15. The Bertz CT molecular complexity index is 684. The Morgan fingerprint density at radius 1 is 1.23 bits per heavy atom. The third-order valence-electron chi connectivity index (χ3n) is 6.73. The molecular formula is C20H30N4O2. The molecular weight excluding hydrogens is 328 g/mol. The molecule has 0 spiro atoms. The van der Waals surface area contributed by atoms with Crippen molar-refractivity contribution in [1.82, 2.24) is 14.9 Å². The number of carbonyl (C=O) groups is 1. The van der Waals surface area contributed by atoms with Crippen LogP contribution in [0.3, 0.4) is 0 Å². The van der Waals surface area contributed by atoms with Gasteiger partial charge in [-0.3, -0.25) is 4.79 Å². The Morgan fingerprint density at radius 3 is 2.58 bits per heavy atom. The lowest BCUT2D eigenvalue weighted by atomic mass is 9.69. The molecule has 1 aliphatic carbocycles. The van der Waals surface area contributed by atoms with Crippen LogP contribution in [0, 0.1) is 18.8 Å². The van der Waals surface area contributed by atoms with Gasteiger partial charge >= 0.3 is 0 Å². The van der Waals surface area contributed by atoms with Gasteiger partial charge in [-0.05, 0) is 44.9 Å². The van der Waals surface area contributed by atoms with Crippen LogP contribution in [0.4, 0.5) is 5.95 Å². The highest BCUT2D eigenvalue weighted by Gasteiger charge is 2.51. The van der Waals surface area contributed by atoms with Gasteiger partial charge in [0.25, 0.3) is 5.91 Å². The number of anilines is 1. The van der Waals surface area contributed by atoms with Crippen molar-refractivity contribution in [2.75, 3.05) is 31.1 Å². The van der Waals surface area contributed by atoms with Gasteiger partial charge in [0.05, 0.1) is 23.4 Å². The molecule has 1 aromatic rings. The summed E-state index contributed by atoms with van der Waals surface area (Å²) in [6.07, 6.45) is 8.65. The summed E-state index contributed by atoms with van der Waals surface area (Å²) in [5.41, 5.74) is 0.573. The molecule has 3 heterocycles. The van der Waals surface area contributed by atoms with Crippen LogP contribution in [0.1, 0.15) is 61.5 Å². The van der Waals surface area contributed by atoms with Crippen molar-refractivity contribution in [3.8, 4) is 0 Å². The first-order valence-corrected chi connectivity index (χ1v) is 10.1. The van der Waals surface area contributed by atoms with Crippen molar-refractivity contribution in [3.05, 3.63) is 17.5 Å². The molecule has 26 heavy (non-hydrogen) atoms. The first-order chi connectivity index (χ1) is 12.5. The molecule has 2 atom stereocenters. The number of rotatable bonds is 3. The monoisotopic (exact) mass is 358 g/mol. The maximum atomic E-state index is 13.0. The molecule has 3 aliphatic rings. The lowest BCUT2D eigenvalue weighted by Crippen LogP contribution is -2.48. The molecule has 2 unspecified atom stereocenters. The fourth-order valence-electron chi connectivity index (χ4n) is 4.69. The summed E-state index contributed by atoms with van der Waals surface area (Å²) >= 11 is 0.